The molecule has 0 aliphatic heterocycles. The fourth-order valence-corrected chi connectivity index (χ4v) is 2.57. The molecule has 1 aromatic carbocycles. The van der Waals surface area contributed by atoms with Crippen LogP contribution in [0.2, 0.25) is 0 Å². The number of hydrogen-bond acceptors (Lipinski definition) is 3. The first-order chi connectivity index (χ1) is 9.08. The summed E-state index contributed by atoms with van der Waals surface area (Å²) in [5.41, 5.74) is 9.08. The molecule has 0 spiro atoms. The van der Waals surface area contributed by atoms with Gasteiger partial charge in [0, 0.05) is 13.1 Å². The number of hydrogen-bond donors (Lipinski definition) is 2. The molecule has 2 rings (SSSR count). The van der Waals surface area contributed by atoms with E-state index in [1.54, 1.807) is 0 Å². The summed E-state index contributed by atoms with van der Waals surface area (Å²) in [6.45, 7) is 7.06. The number of aromatic amines is 1. The minimum absolute atomic E-state index is 0.646. The standard InChI is InChI=1S/C15H24N4/c1-11(6-7-16)9-19(3)10-13-4-5-14-15(8-13)18-12(2)17-14/h4-5,8,11H,6-7,9-10,16H2,1-3H3,(H,17,18). The number of nitrogens with one attached hydrogen (secondary N) is 1. The first kappa shape index (κ1) is 14.0. The molecule has 1 heterocycles. The number of nitrogens with zero attached hydrogens (tertiary/aromatic N) is 2. The number of aromatic nitrogens is 2. The van der Waals surface area contributed by atoms with E-state index in [1.807, 2.05) is 6.92 Å². The van der Waals surface area contributed by atoms with Crippen molar-refractivity contribution in [2.45, 2.75) is 26.8 Å². The maximum Gasteiger partial charge on any atom is 0.104 e. The Labute approximate surface area is 115 Å². The van der Waals surface area contributed by atoms with Crippen LogP contribution in [0.5, 0.6) is 0 Å². The summed E-state index contributed by atoms with van der Waals surface area (Å²) in [6.07, 6.45) is 1.09. The zero-order valence-electron chi connectivity index (χ0n) is 12.1. The highest BCUT2D eigenvalue weighted by atomic mass is 15.1. The highest BCUT2D eigenvalue weighted by molar-refractivity contribution is 5.75. The van der Waals surface area contributed by atoms with Crippen LogP contribution in [0, 0.1) is 12.8 Å². The lowest BCUT2D eigenvalue weighted by molar-refractivity contribution is 0.273. The second-order valence-electron chi connectivity index (χ2n) is 5.55. The number of rotatable bonds is 6. The van der Waals surface area contributed by atoms with Crippen LogP contribution in [0.15, 0.2) is 18.2 Å². The van der Waals surface area contributed by atoms with Crippen LogP contribution in [0.3, 0.4) is 0 Å². The summed E-state index contributed by atoms with van der Waals surface area (Å²) < 4.78 is 0. The minimum Gasteiger partial charge on any atom is -0.342 e. The fourth-order valence-electron chi connectivity index (χ4n) is 2.57. The highest BCUT2D eigenvalue weighted by Gasteiger charge is 2.07. The van der Waals surface area contributed by atoms with Gasteiger partial charge in [-0.05, 0) is 50.6 Å². The molecule has 1 aromatic heterocycles. The van der Waals surface area contributed by atoms with Crippen molar-refractivity contribution in [3.8, 4) is 0 Å². The van der Waals surface area contributed by atoms with E-state index in [-0.39, 0.29) is 0 Å². The van der Waals surface area contributed by atoms with Gasteiger partial charge in [0.25, 0.3) is 0 Å². The summed E-state index contributed by atoms with van der Waals surface area (Å²) in [7, 11) is 2.16. The zero-order chi connectivity index (χ0) is 13.8. The van der Waals surface area contributed by atoms with Crippen molar-refractivity contribution in [2.24, 2.45) is 11.7 Å². The number of benzene rings is 1. The van der Waals surface area contributed by atoms with Crippen molar-refractivity contribution >= 4 is 11.0 Å². The van der Waals surface area contributed by atoms with Crippen molar-refractivity contribution in [3.63, 3.8) is 0 Å². The first-order valence-corrected chi connectivity index (χ1v) is 6.92. The molecule has 1 atom stereocenters. The monoisotopic (exact) mass is 260 g/mol. The summed E-state index contributed by atoms with van der Waals surface area (Å²) in [4.78, 5) is 10.1. The lowest BCUT2D eigenvalue weighted by atomic mass is 10.1. The topological polar surface area (TPSA) is 57.9 Å². The van der Waals surface area contributed by atoms with Crippen LogP contribution < -0.4 is 5.73 Å². The molecule has 3 N–H and O–H groups in total. The summed E-state index contributed by atoms with van der Waals surface area (Å²) in [5, 5.41) is 0. The molecule has 0 aliphatic rings. The maximum atomic E-state index is 5.59. The number of fused-ring (bicyclic) bond motifs is 1. The third-order valence-corrected chi connectivity index (χ3v) is 3.40. The summed E-state index contributed by atoms with van der Waals surface area (Å²) in [6, 6.07) is 6.44. The predicted molar refractivity (Wildman–Crippen MR) is 80.0 cm³/mol. The maximum absolute atomic E-state index is 5.59. The SMILES string of the molecule is Cc1nc2ccc(CN(C)CC(C)CCN)cc2[nH]1. The van der Waals surface area contributed by atoms with Gasteiger partial charge in [-0.25, -0.2) is 4.98 Å². The minimum atomic E-state index is 0.646. The van der Waals surface area contributed by atoms with Crippen LogP contribution in [-0.2, 0) is 6.54 Å². The van der Waals surface area contributed by atoms with Gasteiger partial charge in [0.2, 0.25) is 0 Å². The summed E-state index contributed by atoms with van der Waals surface area (Å²) >= 11 is 0. The molecule has 104 valence electrons. The van der Waals surface area contributed by atoms with Gasteiger partial charge in [-0.3, -0.25) is 0 Å². The van der Waals surface area contributed by atoms with Gasteiger partial charge in [-0.1, -0.05) is 13.0 Å². The van der Waals surface area contributed by atoms with Crippen molar-refractivity contribution in [1.29, 1.82) is 0 Å². The molecule has 0 amide bonds. The Morgan fingerprint density at radius 1 is 1.42 bits per heavy atom. The van der Waals surface area contributed by atoms with Crippen LogP contribution in [0.4, 0.5) is 0 Å². The fraction of sp³-hybridized carbons (Fsp3) is 0.533. The molecule has 2 aromatic rings. The van der Waals surface area contributed by atoms with Gasteiger partial charge in [0.05, 0.1) is 11.0 Å². The highest BCUT2D eigenvalue weighted by Crippen LogP contribution is 2.15. The Morgan fingerprint density at radius 2 is 2.21 bits per heavy atom. The van der Waals surface area contributed by atoms with E-state index in [2.05, 4.69) is 47.0 Å². The first-order valence-electron chi connectivity index (χ1n) is 6.92. The Bertz CT molecular complexity index is 532. The molecule has 4 heteroatoms. The molecule has 0 saturated heterocycles. The Morgan fingerprint density at radius 3 is 2.95 bits per heavy atom. The lowest BCUT2D eigenvalue weighted by Gasteiger charge is -2.21. The zero-order valence-corrected chi connectivity index (χ0v) is 12.1. The van der Waals surface area contributed by atoms with E-state index < -0.39 is 0 Å². The largest absolute Gasteiger partial charge is 0.342 e. The Hall–Kier alpha value is -1.39. The lowest BCUT2D eigenvalue weighted by Crippen LogP contribution is -2.25. The number of aryl methyl sites for hydroxylation is 1. The molecule has 0 radical (unpaired) electrons. The molecule has 0 saturated carbocycles. The van der Waals surface area contributed by atoms with Crippen molar-refractivity contribution < 1.29 is 0 Å². The molecule has 19 heavy (non-hydrogen) atoms. The van der Waals surface area contributed by atoms with E-state index >= 15 is 0 Å². The average molecular weight is 260 g/mol. The smallest absolute Gasteiger partial charge is 0.104 e. The second kappa shape index (κ2) is 6.17. The second-order valence-corrected chi connectivity index (χ2v) is 5.55. The Balaban J connectivity index is 2.00. The van der Waals surface area contributed by atoms with Gasteiger partial charge < -0.3 is 15.6 Å². The third kappa shape index (κ3) is 3.78. The molecule has 0 fully saturated rings. The van der Waals surface area contributed by atoms with E-state index in [0.29, 0.717) is 5.92 Å². The molecule has 1 unspecified atom stereocenters. The van der Waals surface area contributed by atoms with E-state index in [4.69, 9.17) is 5.73 Å². The van der Waals surface area contributed by atoms with Crippen molar-refractivity contribution in [1.82, 2.24) is 14.9 Å². The number of imidazole rings is 1. The van der Waals surface area contributed by atoms with Crippen LogP contribution in [0.25, 0.3) is 11.0 Å². The third-order valence-electron chi connectivity index (χ3n) is 3.40. The van der Waals surface area contributed by atoms with Gasteiger partial charge in [-0.2, -0.15) is 0 Å². The van der Waals surface area contributed by atoms with Crippen LogP contribution in [-0.4, -0.2) is 35.0 Å². The quantitative estimate of drug-likeness (QED) is 0.838. The van der Waals surface area contributed by atoms with Gasteiger partial charge in [0.15, 0.2) is 0 Å². The van der Waals surface area contributed by atoms with Gasteiger partial charge >= 0.3 is 0 Å². The summed E-state index contributed by atoms with van der Waals surface area (Å²) in [5.74, 6) is 1.62. The van der Waals surface area contributed by atoms with Crippen LogP contribution in [0.1, 0.15) is 24.7 Å². The predicted octanol–water partition coefficient (Wildman–Crippen LogP) is 2.29. The average Bonchev–Trinajstić information content (AvgIpc) is 2.68. The molecule has 4 nitrogen and oxygen atoms in total. The molecule has 0 bridgehead atoms. The Kier molecular flexibility index (Phi) is 4.56. The molecular formula is C15H24N4. The van der Waals surface area contributed by atoms with Crippen LogP contribution >= 0.6 is 0 Å². The van der Waals surface area contributed by atoms with Crippen molar-refractivity contribution in [3.05, 3.63) is 29.6 Å². The van der Waals surface area contributed by atoms with E-state index in [9.17, 15) is 0 Å². The van der Waals surface area contributed by atoms with Gasteiger partial charge in [0.1, 0.15) is 5.82 Å². The van der Waals surface area contributed by atoms with Crippen molar-refractivity contribution in [2.75, 3.05) is 20.1 Å². The molecule has 0 aliphatic carbocycles. The van der Waals surface area contributed by atoms with E-state index in [1.165, 1.54) is 5.56 Å². The van der Waals surface area contributed by atoms with Gasteiger partial charge in [-0.15, -0.1) is 0 Å². The van der Waals surface area contributed by atoms with E-state index in [0.717, 1.165) is 42.9 Å². The molecular weight excluding hydrogens is 236 g/mol. The number of nitrogens with two attached hydrogens (primary N) is 1. The number of H-pyrrole nitrogens is 1. The normalized spacial score (nSPS) is 13.3.